The van der Waals surface area contributed by atoms with Gasteiger partial charge in [0.15, 0.2) is 4.93 Å². The van der Waals surface area contributed by atoms with Gasteiger partial charge in [-0.1, -0.05) is 27.5 Å². The monoisotopic (exact) mass is 451 g/mol. The van der Waals surface area contributed by atoms with E-state index in [4.69, 9.17) is 21.1 Å². The molecule has 2 aromatic carbocycles. The lowest BCUT2D eigenvalue weighted by Crippen LogP contribution is -2.28. The lowest BCUT2D eigenvalue weighted by molar-refractivity contribution is 0.0331. The van der Waals surface area contributed by atoms with Crippen LogP contribution >= 0.6 is 39.3 Å². The van der Waals surface area contributed by atoms with Crippen molar-refractivity contribution < 1.29 is 9.47 Å². The highest BCUT2D eigenvalue weighted by molar-refractivity contribution is 9.10. The molecule has 1 saturated heterocycles. The molecule has 0 spiro atoms. The van der Waals surface area contributed by atoms with Crippen LogP contribution in [0.25, 0.3) is 0 Å². The van der Waals surface area contributed by atoms with Crippen LogP contribution in [-0.2, 0) is 16.2 Å². The number of halogens is 2. The van der Waals surface area contributed by atoms with Crippen LogP contribution in [0.2, 0.25) is 5.02 Å². The molecule has 1 atom stereocenters. The average Bonchev–Trinajstić information content (AvgIpc) is 3.30. The van der Waals surface area contributed by atoms with Gasteiger partial charge in [0.1, 0.15) is 24.2 Å². The van der Waals surface area contributed by atoms with Gasteiger partial charge in [0.25, 0.3) is 0 Å². The molecule has 3 aromatic rings. The maximum Gasteiger partial charge on any atom is 0.160 e. The summed E-state index contributed by atoms with van der Waals surface area (Å²) in [5, 5.41) is 4.81. The van der Waals surface area contributed by atoms with Crippen molar-refractivity contribution >= 4 is 39.3 Å². The third kappa shape index (κ3) is 3.76. The lowest BCUT2D eigenvalue weighted by Gasteiger charge is -2.28. The lowest BCUT2D eigenvalue weighted by atomic mass is 10.1. The summed E-state index contributed by atoms with van der Waals surface area (Å²) in [7, 11) is 0. The highest BCUT2D eigenvalue weighted by Crippen LogP contribution is 2.47. The molecular formula is C18H15BrClN3O2S. The third-order valence-corrected chi connectivity index (χ3v) is 6.14. The van der Waals surface area contributed by atoms with E-state index in [2.05, 4.69) is 26.0 Å². The predicted molar refractivity (Wildman–Crippen MR) is 106 cm³/mol. The van der Waals surface area contributed by atoms with Gasteiger partial charge in [-0.2, -0.15) is 5.10 Å². The molecule has 26 heavy (non-hydrogen) atoms. The SMILES string of the molecule is Clc1cc(Oc2ccc(Br)cc2)ccc1C1(Cn2cncn2)OCCS1. The minimum absolute atomic E-state index is 0.546. The number of rotatable bonds is 5. The fraction of sp³-hybridized carbons (Fsp3) is 0.222. The van der Waals surface area contributed by atoms with Crippen LogP contribution in [0.15, 0.2) is 59.6 Å². The number of benzene rings is 2. The Hall–Kier alpha value is -1.54. The molecule has 0 N–H and O–H groups in total. The van der Waals surface area contributed by atoms with Crippen LogP contribution in [0, 0.1) is 0 Å². The van der Waals surface area contributed by atoms with E-state index >= 15 is 0 Å². The normalized spacial score (nSPS) is 19.6. The Bertz CT molecular complexity index is 884. The second-order valence-corrected chi connectivity index (χ2v) is 8.42. The van der Waals surface area contributed by atoms with Crippen molar-refractivity contribution in [2.75, 3.05) is 12.4 Å². The van der Waals surface area contributed by atoms with E-state index in [1.807, 2.05) is 42.5 Å². The molecule has 1 aliphatic rings. The molecule has 1 unspecified atom stereocenters. The molecule has 0 aliphatic carbocycles. The van der Waals surface area contributed by atoms with Crippen molar-refractivity contribution in [1.29, 1.82) is 0 Å². The summed E-state index contributed by atoms with van der Waals surface area (Å²) in [4.78, 5) is 3.44. The highest BCUT2D eigenvalue weighted by atomic mass is 79.9. The second-order valence-electron chi connectivity index (χ2n) is 5.74. The molecule has 0 bridgehead atoms. The maximum atomic E-state index is 6.60. The van der Waals surface area contributed by atoms with Crippen molar-refractivity contribution in [2.45, 2.75) is 11.5 Å². The zero-order valence-electron chi connectivity index (χ0n) is 13.6. The fourth-order valence-electron chi connectivity index (χ4n) is 2.82. The van der Waals surface area contributed by atoms with Crippen molar-refractivity contribution in [3.63, 3.8) is 0 Å². The van der Waals surface area contributed by atoms with E-state index < -0.39 is 4.93 Å². The van der Waals surface area contributed by atoms with Crippen molar-refractivity contribution in [3.05, 3.63) is 70.2 Å². The van der Waals surface area contributed by atoms with Crippen LogP contribution in [0.4, 0.5) is 0 Å². The molecule has 2 heterocycles. The second kappa shape index (κ2) is 7.60. The van der Waals surface area contributed by atoms with Gasteiger partial charge >= 0.3 is 0 Å². The fourth-order valence-corrected chi connectivity index (χ4v) is 4.68. The number of ether oxygens (including phenoxy) is 2. The van der Waals surface area contributed by atoms with Crippen LogP contribution in [0.1, 0.15) is 5.56 Å². The molecule has 8 heteroatoms. The minimum Gasteiger partial charge on any atom is -0.457 e. The third-order valence-electron chi connectivity index (χ3n) is 3.99. The van der Waals surface area contributed by atoms with E-state index in [0.717, 1.165) is 21.5 Å². The number of thioether (sulfide) groups is 1. The standard InChI is InChI=1S/C18H15BrClN3O2S/c19-13-1-3-14(4-2-13)25-15-5-6-16(17(20)9-15)18(24-7-8-26-18)10-23-12-21-11-22-23/h1-6,9,11-12H,7-8,10H2. The molecule has 0 amide bonds. The topological polar surface area (TPSA) is 49.2 Å². The molecule has 1 fully saturated rings. The summed E-state index contributed by atoms with van der Waals surface area (Å²) in [6.07, 6.45) is 3.20. The highest BCUT2D eigenvalue weighted by Gasteiger charge is 2.40. The van der Waals surface area contributed by atoms with Gasteiger partial charge in [-0.3, -0.25) is 0 Å². The zero-order chi connectivity index (χ0) is 18.0. The molecule has 1 aliphatic heterocycles. The summed E-state index contributed by atoms with van der Waals surface area (Å²) >= 11 is 11.7. The van der Waals surface area contributed by atoms with Gasteiger partial charge < -0.3 is 9.47 Å². The van der Waals surface area contributed by atoms with E-state index in [1.54, 1.807) is 22.8 Å². The Morgan fingerprint density at radius 2 is 2.04 bits per heavy atom. The van der Waals surface area contributed by atoms with Gasteiger partial charge in [-0.15, -0.1) is 11.8 Å². The molecule has 5 nitrogen and oxygen atoms in total. The summed E-state index contributed by atoms with van der Waals surface area (Å²) in [6.45, 7) is 1.22. The van der Waals surface area contributed by atoms with Crippen LogP contribution in [0.5, 0.6) is 11.5 Å². The van der Waals surface area contributed by atoms with Crippen molar-refractivity contribution in [3.8, 4) is 11.5 Å². The van der Waals surface area contributed by atoms with Gasteiger partial charge in [-0.05, 0) is 42.5 Å². The first-order chi connectivity index (χ1) is 12.6. The van der Waals surface area contributed by atoms with Gasteiger partial charge in [0.05, 0.1) is 18.2 Å². The zero-order valence-corrected chi connectivity index (χ0v) is 16.8. The van der Waals surface area contributed by atoms with Gasteiger partial charge in [0.2, 0.25) is 0 Å². The largest absolute Gasteiger partial charge is 0.457 e. The minimum atomic E-state index is -0.569. The quantitative estimate of drug-likeness (QED) is 0.539. The summed E-state index contributed by atoms with van der Waals surface area (Å²) in [5.41, 5.74) is 0.917. The van der Waals surface area contributed by atoms with Crippen molar-refractivity contribution in [1.82, 2.24) is 14.8 Å². The number of nitrogens with zero attached hydrogens (tertiary/aromatic N) is 3. The molecule has 4 rings (SSSR count). The first kappa shape index (κ1) is 17.9. The van der Waals surface area contributed by atoms with Gasteiger partial charge in [0, 0.05) is 15.8 Å². The first-order valence-electron chi connectivity index (χ1n) is 7.98. The maximum absolute atomic E-state index is 6.60. The molecule has 0 saturated carbocycles. The van der Waals surface area contributed by atoms with E-state index in [-0.39, 0.29) is 0 Å². The Balaban J connectivity index is 1.60. The Kier molecular flexibility index (Phi) is 5.22. The average molecular weight is 453 g/mol. The number of aromatic nitrogens is 3. The van der Waals surface area contributed by atoms with Crippen LogP contribution in [-0.4, -0.2) is 27.1 Å². The van der Waals surface area contributed by atoms with Crippen molar-refractivity contribution in [2.24, 2.45) is 0 Å². The van der Waals surface area contributed by atoms with Crippen LogP contribution in [0.3, 0.4) is 0 Å². The summed E-state index contributed by atoms with van der Waals surface area (Å²) in [6, 6.07) is 13.4. The summed E-state index contributed by atoms with van der Waals surface area (Å²) < 4.78 is 14.8. The molecule has 1 aromatic heterocycles. The summed E-state index contributed by atoms with van der Waals surface area (Å²) in [5.74, 6) is 2.34. The Morgan fingerprint density at radius 1 is 1.23 bits per heavy atom. The first-order valence-corrected chi connectivity index (χ1v) is 10.1. The molecular weight excluding hydrogens is 438 g/mol. The van der Waals surface area contributed by atoms with E-state index in [0.29, 0.717) is 23.9 Å². The van der Waals surface area contributed by atoms with E-state index in [1.165, 1.54) is 6.33 Å². The number of hydrogen-bond acceptors (Lipinski definition) is 5. The van der Waals surface area contributed by atoms with E-state index in [9.17, 15) is 0 Å². The molecule has 0 radical (unpaired) electrons. The van der Waals surface area contributed by atoms with Crippen LogP contribution < -0.4 is 4.74 Å². The smallest absolute Gasteiger partial charge is 0.160 e. The Labute approximate surface area is 168 Å². The van der Waals surface area contributed by atoms with Gasteiger partial charge in [-0.25, -0.2) is 9.67 Å². The molecule has 134 valence electrons. The Morgan fingerprint density at radius 3 is 2.69 bits per heavy atom. The number of hydrogen-bond donors (Lipinski definition) is 0. The predicted octanol–water partition coefficient (Wildman–Crippen LogP) is 5.10.